The molecule has 1 aromatic heterocycles. The van der Waals surface area contributed by atoms with E-state index in [4.69, 9.17) is 4.42 Å². The second kappa shape index (κ2) is 20.9. The van der Waals surface area contributed by atoms with Crippen LogP contribution in [0.2, 0.25) is 0 Å². The van der Waals surface area contributed by atoms with Crippen LogP contribution in [0.3, 0.4) is 0 Å². The highest BCUT2D eigenvalue weighted by atomic mass is 16.3. The number of nitrogens with zero attached hydrogens (tertiary/aromatic N) is 4. The van der Waals surface area contributed by atoms with Crippen molar-refractivity contribution in [3.05, 3.63) is 315 Å². The van der Waals surface area contributed by atoms with Crippen LogP contribution in [0.1, 0.15) is 0 Å². The van der Waals surface area contributed by atoms with Crippen molar-refractivity contribution >= 4 is 90.2 Å². The Bertz CT molecular complexity index is 3700. The standard InChI is InChI=1S/C72H52N4O/c1-9-25-53(26-10-1)55-49-67-68-50-56(54-27-11-2-12-28-54)52-70(76(62-39-23-8-24-40-62)66-47-43-64(44-48-66)74(59-33-17-5-18-34-59)60-35-19-6-20-36-60)72(68)77-71(67)69(51-55)75(61-37-21-7-22-38-61)65-45-41-63(42-46-65)73(57-29-13-3-14-30-57)58-31-15-4-16-32-58/h1-52H. The molecule has 0 fully saturated rings. The maximum Gasteiger partial charge on any atom is 0.159 e. The maximum atomic E-state index is 7.60. The summed E-state index contributed by atoms with van der Waals surface area (Å²) in [6.45, 7) is 0. The minimum Gasteiger partial charge on any atom is -0.452 e. The molecule has 5 nitrogen and oxygen atoms in total. The van der Waals surface area contributed by atoms with Gasteiger partial charge >= 0.3 is 0 Å². The summed E-state index contributed by atoms with van der Waals surface area (Å²) in [6.07, 6.45) is 0. The quantitative estimate of drug-likeness (QED) is 0.108. The van der Waals surface area contributed by atoms with E-state index in [-0.39, 0.29) is 0 Å². The normalized spacial score (nSPS) is 11.1. The molecule has 366 valence electrons. The zero-order valence-corrected chi connectivity index (χ0v) is 42.2. The first kappa shape index (κ1) is 46.4. The predicted octanol–water partition coefficient (Wildman–Crippen LogP) is 20.8. The SMILES string of the molecule is c1ccc(-c2cc(N(c3ccccc3)c3ccc(N(c4ccccc4)c4ccccc4)cc3)c3oc4c(N(c5ccccc5)c5ccc(N(c6ccccc6)c6ccccc6)cc5)cc(-c5ccccc5)cc4c3c2)cc1. The summed E-state index contributed by atoms with van der Waals surface area (Å²) in [6, 6.07) is 112. The molecule has 12 aromatic carbocycles. The van der Waals surface area contributed by atoms with Crippen molar-refractivity contribution in [2.45, 2.75) is 0 Å². The molecule has 0 atom stereocenters. The fraction of sp³-hybridized carbons (Fsp3) is 0. The van der Waals surface area contributed by atoms with Gasteiger partial charge in [0.2, 0.25) is 0 Å². The Kier molecular flexibility index (Phi) is 12.6. The lowest BCUT2D eigenvalue weighted by Crippen LogP contribution is -2.12. The first-order chi connectivity index (χ1) is 38.2. The second-order valence-electron chi connectivity index (χ2n) is 19.0. The van der Waals surface area contributed by atoms with Gasteiger partial charge in [0.25, 0.3) is 0 Å². The topological polar surface area (TPSA) is 26.1 Å². The van der Waals surface area contributed by atoms with E-state index in [1.807, 2.05) is 0 Å². The molecule has 1 heterocycles. The van der Waals surface area contributed by atoms with Gasteiger partial charge in [-0.1, -0.05) is 170 Å². The molecular weight excluding hydrogens is 937 g/mol. The lowest BCUT2D eigenvalue weighted by atomic mass is 9.97. The summed E-state index contributed by atoms with van der Waals surface area (Å²) in [4.78, 5) is 9.27. The largest absolute Gasteiger partial charge is 0.452 e. The van der Waals surface area contributed by atoms with Gasteiger partial charge < -0.3 is 24.0 Å². The molecule has 0 N–H and O–H groups in total. The van der Waals surface area contributed by atoms with Gasteiger partial charge in [0.05, 0.1) is 11.4 Å². The number of anilines is 12. The summed E-state index contributed by atoms with van der Waals surface area (Å²) < 4.78 is 7.60. The Morgan fingerprint density at radius 3 is 0.649 bits per heavy atom. The van der Waals surface area contributed by atoms with E-state index < -0.39 is 0 Å². The molecule has 0 spiro atoms. The Morgan fingerprint density at radius 2 is 0.390 bits per heavy atom. The first-order valence-electron chi connectivity index (χ1n) is 26.1. The van der Waals surface area contributed by atoms with Crippen molar-refractivity contribution in [2.75, 3.05) is 19.6 Å². The maximum absolute atomic E-state index is 7.60. The third-order valence-corrected chi connectivity index (χ3v) is 14.1. The van der Waals surface area contributed by atoms with Crippen LogP contribution in [0.25, 0.3) is 44.2 Å². The highest BCUT2D eigenvalue weighted by Gasteiger charge is 2.27. The molecule has 0 saturated heterocycles. The molecule has 0 aliphatic carbocycles. The number of para-hydroxylation sites is 6. The minimum absolute atomic E-state index is 0.777. The first-order valence-corrected chi connectivity index (χ1v) is 26.1. The number of rotatable bonds is 14. The minimum atomic E-state index is 0.777. The van der Waals surface area contributed by atoms with Gasteiger partial charge in [-0.2, -0.15) is 0 Å². The van der Waals surface area contributed by atoms with Gasteiger partial charge in [-0.15, -0.1) is 0 Å². The summed E-state index contributed by atoms with van der Waals surface area (Å²) in [5.41, 5.74) is 18.2. The van der Waals surface area contributed by atoms with Crippen LogP contribution in [0.4, 0.5) is 68.2 Å². The van der Waals surface area contributed by atoms with Gasteiger partial charge in [-0.05, 0) is 168 Å². The van der Waals surface area contributed by atoms with Crippen LogP contribution in [-0.4, -0.2) is 0 Å². The van der Waals surface area contributed by atoms with E-state index in [0.29, 0.717) is 0 Å². The zero-order chi connectivity index (χ0) is 51.3. The van der Waals surface area contributed by atoms with Crippen LogP contribution in [-0.2, 0) is 0 Å². The van der Waals surface area contributed by atoms with Crippen molar-refractivity contribution in [3.63, 3.8) is 0 Å². The number of fused-ring (bicyclic) bond motifs is 3. The van der Waals surface area contributed by atoms with E-state index in [9.17, 15) is 0 Å². The van der Waals surface area contributed by atoms with Gasteiger partial charge in [0, 0.05) is 67.6 Å². The fourth-order valence-electron chi connectivity index (χ4n) is 10.6. The van der Waals surface area contributed by atoms with E-state index in [2.05, 4.69) is 335 Å². The van der Waals surface area contributed by atoms with Gasteiger partial charge in [0.1, 0.15) is 0 Å². The molecule has 0 saturated carbocycles. The van der Waals surface area contributed by atoms with E-state index >= 15 is 0 Å². The average molecular weight is 989 g/mol. The number of furan rings is 1. The fourth-order valence-corrected chi connectivity index (χ4v) is 10.6. The third-order valence-electron chi connectivity index (χ3n) is 14.1. The van der Waals surface area contributed by atoms with E-state index in [1.165, 1.54) is 0 Å². The molecule has 77 heavy (non-hydrogen) atoms. The zero-order valence-electron chi connectivity index (χ0n) is 42.2. The molecule has 5 heteroatoms. The van der Waals surface area contributed by atoms with E-state index in [0.717, 1.165) is 112 Å². The molecule has 13 rings (SSSR count). The average Bonchev–Trinajstić information content (AvgIpc) is 4.00. The molecule has 13 aromatic rings. The molecule has 0 bridgehead atoms. The Labute approximate surface area is 449 Å². The van der Waals surface area contributed by atoms with Crippen molar-refractivity contribution in [1.82, 2.24) is 0 Å². The number of benzene rings is 12. The van der Waals surface area contributed by atoms with Crippen LogP contribution in [0.15, 0.2) is 320 Å². The van der Waals surface area contributed by atoms with Gasteiger partial charge in [-0.3, -0.25) is 0 Å². The summed E-state index contributed by atoms with van der Waals surface area (Å²) in [5.74, 6) is 0. The third kappa shape index (κ3) is 9.24. The highest BCUT2D eigenvalue weighted by molar-refractivity contribution is 6.17. The monoisotopic (exact) mass is 988 g/mol. The molecular formula is C72H52N4O. The lowest BCUT2D eigenvalue weighted by Gasteiger charge is -2.29. The Hall–Kier alpha value is -10.4. The summed E-state index contributed by atoms with van der Waals surface area (Å²) in [5, 5.41) is 2.02. The van der Waals surface area contributed by atoms with Crippen molar-refractivity contribution in [2.24, 2.45) is 0 Å². The Balaban J connectivity index is 1.04. The van der Waals surface area contributed by atoms with Crippen molar-refractivity contribution in [1.29, 1.82) is 0 Å². The molecule has 0 aliphatic heterocycles. The summed E-state index contributed by atoms with van der Waals surface area (Å²) in [7, 11) is 0. The van der Waals surface area contributed by atoms with Crippen molar-refractivity contribution < 1.29 is 4.42 Å². The van der Waals surface area contributed by atoms with Crippen molar-refractivity contribution in [3.8, 4) is 22.3 Å². The molecule has 0 aliphatic rings. The predicted molar refractivity (Wildman–Crippen MR) is 323 cm³/mol. The van der Waals surface area contributed by atoms with Crippen LogP contribution < -0.4 is 19.6 Å². The summed E-state index contributed by atoms with van der Waals surface area (Å²) >= 11 is 0. The number of hydrogen-bond acceptors (Lipinski definition) is 5. The second-order valence-corrected chi connectivity index (χ2v) is 19.0. The molecule has 0 unspecified atom stereocenters. The van der Waals surface area contributed by atoms with Crippen LogP contribution >= 0.6 is 0 Å². The smallest absolute Gasteiger partial charge is 0.159 e. The molecule has 0 amide bonds. The van der Waals surface area contributed by atoms with E-state index in [1.54, 1.807) is 0 Å². The van der Waals surface area contributed by atoms with Crippen LogP contribution in [0.5, 0.6) is 0 Å². The molecule has 0 radical (unpaired) electrons. The Morgan fingerprint density at radius 1 is 0.182 bits per heavy atom. The van der Waals surface area contributed by atoms with Crippen LogP contribution in [0, 0.1) is 0 Å². The van der Waals surface area contributed by atoms with Gasteiger partial charge in [0.15, 0.2) is 11.2 Å². The highest BCUT2D eigenvalue weighted by Crippen LogP contribution is 2.50. The number of hydrogen-bond donors (Lipinski definition) is 0. The lowest BCUT2D eigenvalue weighted by molar-refractivity contribution is 0.669. The van der Waals surface area contributed by atoms with Gasteiger partial charge in [-0.25, -0.2) is 0 Å².